The summed E-state index contributed by atoms with van der Waals surface area (Å²) >= 11 is 0. The van der Waals surface area contributed by atoms with Crippen LogP contribution in [0.15, 0.2) is 36.5 Å². The molecule has 4 N–H and O–H groups in total. The lowest BCUT2D eigenvalue weighted by Crippen LogP contribution is -2.38. The minimum Gasteiger partial charge on any atom is -0.480 e. The molecule has 0 spiro atoms. The maximum atomic E-state index is 13.7. The molecule has 2 heterocycles. The average Bonchev–Trinajstić information content (AvgIpc) is 2.77. The van der Waals surface area contributed by atoms with Crippen molar-refractivity contribution >= 4 is 17.8 Å². The molecule has 1 aliphatic heterocycles. The number of nitrogens with zero attached hydrogens (tertiary/aromatic N) is 2. The number of nitrogens with one attached hydrogen (secondary N) is 2. The fourth-order valence-corrected chi connectivity index (χ4v) is 3.77. The zero-order valence-corrected chi connectivity index (χ0v) is 17.2. The Morgan fingerprint density at radius 3 is 2.53 bits per heavy atom. The third-order valence-corrected chi connectivity index (χ3v) is 5.29. The van der Waals surface area contributed by atoms with Gasteiger partial charge in [0.15, 0.2) is 5.96 Å². The summed E-state index contributed by atoms with van der Waals surface area (Å²) in [6.07, 6.45) is -2.51. The lowest BCUT2D eigenvalue weighted by atomic mass is 9.85. The van der Waals surface area contributed by atoms with Crippen molar-refractivity contribution in [1.82, 2.24) is 15.2 Å². The van der Waals surface area contributed by atoms with E-state index >= 15 is 0 Å². The Hall–Kier alpha value is -3.63. The van der Waals surface area contributed by atoms with Crippen LogP contribution in [0, 0.1) is 5.41 Å². The fraction of sp³-hybridized carbons (Fsp3) is 0.333. The van der Waals surface area contributed by atoms with Crippen LogP contribution in [-0.4, -0.2) is 47.9 Å². The van der Waals surface area contributed by atoms with Gasteiger partial charge in [-0.2, -0.15) is 13.2 Å². The number of benzene rings is 1. The second kappa shape index (κ2) is 9.25. The molecular weight excluding hydrogens is 427 g/mol. The topological polar surface area (TPSA) is 121 Å². The molecule has 8 nitrogen and oxygen atoms in total. The van der Waals surface area contributed by atoms with Crippen LogP contribution in [0.5, 0.6) is 5.88 Å². The molecular formula is C21H22F3N5O3. The van der Waals surface area contributed by atoms with Gasteiger partial charge in [-0.15, -0.1) is 0 Å². The standard InChI is InChI=1S/C21H22F3N5O3/c1-32-18-15(3-2-8-27-18)19(31)29-9-6-12(7-10-29)14-5-4-13(17(30)28-20(25)26)11-16(14)21(22,23)24/h2-5,8,11-12H,6-7,9-10H2,1H3,(H4,25,26,28,30). The molecule has 1 saturated heterocycles. The number of pyridine rings is 1. The summed E-state index contributed by atoms with van der Waals surface area (Å²) in [7, 11) is 1.41. The number of aromatic nitrogens is 1. The monoisotopic (exact) mass is 449 g/mol. The van der Waals surface area contributed by atoms with Gasteiger partial charge in [-0.3, -0.25) is 20.3 Å². The quantitative estimate of drug-likeness (QED) is 0.490. The maximum absolute atomic E-state index is 13.7. The van der Waals surface area contributed by atoms with E-state index < -0.39 is 29.5 Å². The average molecular weight is 449 g/mol. The normalized spacial score (nSPS) is 14.7. The van der Waals surface area contributed by atoms with Crippen LogP contribution in [0.4, 0.5) is 13.2 Å². The molecule has 11 heteroatoms. The molecule has 2 aromatic rings. The Bertz CT molecular complexity index is 1030. The van der Waals surface area contributed by atoms with Crippen molar-refractivity contribution in [1.29, 1.82) is 5.41 Å². The second-order valence-corrected chi connectivity index (χ2v) is 7.29. The number of alkyl halides is 3. The number of halogens is 3. The van der Waals surface area contributed by atoms with Crippen LogP contribution >= 0.6 is 0 Å². The summed E-state index contributed by atoms with van der Waals surface area (Å²) in [5.41, 5.74) is 4.30. The number of piperidine rings is 1. The van der Waals surface area contributed by atoms with E-state index in [1.165, 1.54) is 25.4 Å². The molecule has 1 aromatic heterocycles. The molecule has 170 valence electrons. The van der Waals surface area contributed by atoms with Crippen LogP contribution < -0.4 is 15.8 Å². The Labute approximate surface area is 182 Å². The minimum absolute atomic E-state index is 0.0722. The van der Waals surface area contributed by atoms with Gasteiger partial charge in [-0.1, -0.05) is 6.07 Å². The highest BCUT2D eigenvalue weighted by atomic mass is 19.4. The van der Waals surface area contributed by atoms with Crippen molar-refractivity contribution in [2.75, 3.05) is 20.2 Å². The Kier molecular flexibility index (Phi) is 6.66. The molecule has 32 heavy (non-hydrogen) atoms. The first-order chi connectivity index (χ1) is 15.1. The van der Waals surface area contributed by atoms with Crippen LogP contribution in [0.3, 0.4) is 0 Å². The van der Waals surface area contributed by atoms with Gasteiger partial charge in [0.2, 0.25) is 5.88 Å². The van der Waals surface area contributed by atoms with E-state index in [0.29, 0.717) is 18.4 Å². The lowest BCUT2D eigenvalue weighted by Gasteiger charge is -2.33. The van der Waals surface area contributed by atoms with Gasteiger partial charge in [-0.05, 0) is 48.6 Å². The van der Waals surface area contributed by atoms with E-state index in [1.54, 1.807) is 17.0 Å². The van der Waals surface area contributed by atoms with Gasteiger partial charge < -0.3 is 15.4 Å². The molecule has 3 rings (SSSR count). The van der Waals surface area contributed by atoms with Crippen molar-refractivity contribution in [3.63, 3.8) is 0 Å². The lowest BCUT2D eigenvalue weighted by molar-refractivity contribution is -0.138. The Morgan fingerprint density at radius 2 is 1.94 bits per heavy atom. The van der Waals surface area contributed by atoms with Gasteiger partial charge in [0.25, 0.3) is 11.8 Å². The summed E-state index contributed by atoms with van der Waals surface area (Å²) in [6, 6.07) is 6.53. The number of ether oxygens (including phenoxy) is 1. The van der Waals surface area contributed by atoms with Crippen LogP contribution in [-0.2, 0) is 6.18 Å². The highest BCUT2D eigenvalue weighted by molar-refractivity contribution is 6.04. The predicted molar refractivity (Wildman–Crippen MR) is 109 cm³/mol. The molecule has 0 radical (unpaired) electrons. The van der Waals surface area contributed by atoms with Crippen molar-refractivity contribution in [2.45, 2.75) is 24.9 Å². The summed E-state index contributed by atoms with van der Waals surface area (Å²) in [5, 5.41) is 9.05. The van der Waals surface area contributed by atoms with Crippen molar-refractivity contribution < 1.29 is 27.5 Å². The largest absolute Gasteiger partial charge is 0.480 e. The zero-order chi connectivity index (χ0) is 23.5. The number of hydrogen-bond donors (Lipinski definition) is 3. The minimum atomic E-state index is -4.67. The van der Waals surface area contributed by atoms with Crippen LogP contribution in [0.25, 0.3) is 0 Å². The van der Waals surface area contributed by atoms with E-state index in [1.807, 2.05) is 5.32 Å². The highest BCUT2D eigenvalue weighted by Gasteiger charge is 2.37. The predicted octanol–water partition coefficient (Wildman–Crippen LogP) is 2.75. The van der Waals surface area contributed by atoms with E-state index in [2.05, 4.69) is 4.98 Å². The number of nitrogens with two attached hydrogens (primary N) is 1. The number of methoxy groups -OCH3 is 1. The van der Waals surface area contributed by atoms with Crippen LogP contribution in [0.1, 0.15) is 50.6 Å². The number of guanidine groups is 1. The van der Waals surface area contributed by atoms with E-state index in [-0.39, 0.29) is 36.0 Å². The number of carbonyl (C=O) groups excluding carboxylic acids is 2. The van der Waals surface area contributed by atoms with E-state index in [9.17, 15) is 22.8 Å². The SMILES string of the molecule is COc1ncccc1C(=O)N1CCC(c2ccc(C(=O)NC(=N)N)cc2C(F)(F)F)CC1. The highest BCUT2D eigenvalue weighted by Crippen LogP contribution is 2.39. The fourth-order valence-electron chi connectivity index (χ4n) is 3.77. The van der Waals surface area contributed by atoms with Gasteiger partial charge >= 0.3 is 6.18 Å². The molecule has 0 atom stereocenters. The smallest absolute Gasteiger partial charge is 0.416 e. The first-order valence-electron chi connectivity index (χ1n) is 9.76. The first-order valence-corrected chi connectivity index (χ1v) is 9.76. The van der Waals surface area contributed by atoms with Gasteiger partial charge in [0.1, 0.15) is 5.56 Å². The number of hydrogen-bond acceptors (Lipinski definition) is 5. The van der Waals surface area contributed by atoms with Crippen molar-refractivity contribution in [3.05, 3.63) is 58.8 Å². The molecule has 0 aliphatic carbocycles. The molecule has 0 bridgehead atoms. The van der Waals surface area contributed by atoms with E-state index in [4.69, 9.17) is 15.9 Å². The van der Waals surface area contributed by atoms with Crippen molar-refractivity contribution in [2.24, 2.45) is 5.73 Å². The van der Waals surface area contributed by atoms with Crippen LogP contribution in [0.2, 0.25) is 0 Å². The number of rotatable bonds is 4. The second-order valence-electron chi connectivity index (χ2n) is 7.29. The molecule has 2 amide bonds. The molecule has 1 fully saturated rings. The summed E-state index contributed by atoms with van der Waals surface area (Å²) < 4.78 is 46.3. The third-order valence-electron chi connectivity index (χ3n) is 5.29. The molecule has 0 unspecified atom stereocenters. The third kappa shape index (κ3) is 4.98. The van der Waals surface area contributed by atoms with Crippen molar-refractivity contribution in [3.8, 4) is 5.88 Å². The zero-order valence-electron chi connectivity index (χ0n) is 17.2. The maximum Gasteiger partial charge on any atom is 0.416 e. The number of likely N-dealkylation sites (tertiary alicyclic amines) is 1. The molecule has 1 aliphatic rings. The number of carbonyl (C=O) groups is 2. The first kappa shape index (κ1) is 23.0. The summed E-state index contributed by atoms with van der Waals surface area (Å²) in [5.74, 6) is -2.08. The Balaban J connectivity index is 1.79. The summed E-state index contributed by atoms with van der Waals surface area (Å²) in [4.78, 5) is 30.4. The molecule has 0 saturated carbocycles. The molecule has 1 aromatic carbocycles. The number of amides is 2. The van der Waals surface area contributed by atoms with E-state index in [0.717, 1.165) is 6.07 Å². The van der Waals surface area contributed by atoms with Gasteiger partial charge in [0.05, 0.1) is 12.7 Å². The Morgan fingerprint density at radius 1 is 1.25 bits per heavy atom. The van der Waals surface area contributed by atoms with Gasteiger partial charge in [-0.25, -0.2) is 4.98 Å². The summed E-state index contributed by atoms with van der Waals surface area (Å²) in [6.45, 7) is 0.539. The van der Waals surface area contributed by atoms with Gasteiger partial charge in [0, 0.05) is 24.8 Å².